The maximum Gasteiger partial charge on any atom is 0.220 e. The van der Waals surface area contributed by atoms with Gasteiger partial charge < -0.3 is 10.5 Å². The third-order valence-corrected chi connectivity index (χ3v) is 6.81. The van der Waals surface area contributed by atoms with Gasteiger partial charge in [0.25, 0.3) is 0 Å². The second kappa shape index (κ2) is 5.98. The SMILES string of the molecule is COC1CCC2(CC1)Cc1ccc(C#CC3CC3)cc1C21N=C(N)N(C)O1. The zero-order valence-corrected chi connectivity index (χ0v) is 16.1. The number of hydroxylamine groups is 2. The van der Waals surface area contributed by atoms with Crippen LogP contribution in [0, 0.1) is 23.2 Å². The standard InChI is InChI=1S/C22H27N3O2/c1-25-20(23)24-22(27-25)19-13-16(6-5-15-3-4-15)7-8-17(19)14-21(22)11-9-18(26-2)10-12-21/h7-8,13,15,18H,3-4,9-12,14H2,1-2H3,(H2,23,24). The van der Waals surface area contributed by atoms with Gasteiger partial charge in [-0.2, -0.15) is 0 Å². The summed E-state index contributed by atoms with van der Waals surface area (Å²) in [7, 11) is 3.65. The molecule has 0 saturated heterocycles. The van der Waals surface area contributed by atoms with Crippen molar-refractivity contribution < 1.29 is 9.57 Å². The number of nitrogens with two attached hydrogens (primary N) is 1. The van der Waals surface area contributed by atoms with Crippen LogP contribution in [0.15, 0.2) is 23.2 Å². The fourth-order valence-electron chi connectivity index (χ4n) is 5.02. The minimum atomic E-state index is -0.725. The van der Waals surface area contributed by atoms with E-state index in [0.717, 1.165) is 43.2 Å². The van der Waals surface area contributed by atoms with Crippen LogP contribution in [0.2, 0.25) is 0 Å². The summed E-state index contributed by atoms with van der Waals surface area (Å²) < 4.78 is 5.61. The summed E-state index contributed by atoms with van der Waals surface area (Å²) in [4.78, 5) is 11.3. The summed E-state index contributed by atoms with van der Waals surface area (Å²) in [6, 6.07) is 6.56. The van der Waals surface area contributed by atoms with E-state index >= 15 is 0 Å². The Morgan fingerprint density at radius 3 is 2.67 bits per heavy atom. The van der Waals surface area contributed by atoms with Gasteiger partial charge in [-0.3, -0.25) is 0 Å². The molecular formula is C22H27N3O2. The largest absolute Gasteiger partial charge is 0.381 e. The van der Waals surface area contributed by atoms with E-state index < -0.39 is 5.72 Å². The maximum atomic E-state index is 6.42. The fourth-order valence-corrected chi connectivity index (χ4v) is 5.02. The molecule has 5 heteroatoms. The van der Waals surface area contributed by atoms with Gasteiger partial charge in [-0.1, -0.05) is 17.9 Å². The van der Waals surface area contributed by atoms with Crippen molar-refractivity contribution in [3.8, 4) is 11.8 Å². The Kier molecular flexibility index (Phi) is 3.79. The van der Waals surface area contributed by atoms with Crippen LogP contribution < -0.4 is 5.73 Å². The molecule has 1 aromatic rings. The number of fused-ring (bicyclic) bond motifs is 3. The van der Waals surface area contributed by atoms with Gasteiger partial charge in [-0.15, -0.1) is 0 Å². The predicted molar refractivity (Wildman–Crippen MR) is 104 cm³/mol. The van der Waals surface area contributed by atoms with Gasteiger partial charge in [0.05, 0.1) is 6.10 Å². The molecule has 1 aromatic carbocycles. The molecule has 2 N–H and O–H groups in total. The molecule has 0 bridgehead atoms. The molecule has 0 aromatic heterocycles. The van der Waals surface area contributed by atoms with Gasteiger partial charge in [0.15, 0.2) is 0 Å². The molecule has 4 aliphatic rings. The summed E-state index contributed by atoms with van der Waals surface area (Å²) in [6.07, 6.45) is 7.88. The summed E-state index contributed by atoms with van der Waals surface area (Å²) in [5.74, 6) is 7.76. The quantitative estimate of drug-likeness (QED) is 0.778. The fraction of sp³-hybridized carbons (Fsp3) is 0.591. The Balaban J connectivity index is 1.58. The molecule has 0 amide bonds. The van der Waals surface area contributed by atoms with E-state index in [1.54, 1.807) is 5.06 Å². The lowest BCUT2D eigenvalue weighted by Crippen LogP contribution is -2.46. The number of methoxy groups -OCH3 is 1. The lowest BCUT2D eigenvalue weighted by molar-refractivity contribution is -0.232. The minimum absolute atomic E-state index is 0.0672. The molecule has 2 saturated carbocycles. The highest BCUT2D eigenvalue weighted by Crippen LogP contribution is 2.61. The van der Waals surface area contributed by atoms with E-state index in [2.05, 4.69) is 30.0 Å². The van der Waals surface area contributed by atoms with Crippen LogP contribution in [0.1, 0.15) is 55.2 Å². The van der Waals surface area contributed by atoms with Gasteiger partial charge in [-0.25, -0.2) is 14.9 Å². The van der Waals surface area contributed by atoms with Crippen molar-refractivity contribution >= 4 is 5.96 Å². The Morgan fingerprint density at radius 2 is 2.04 bits per heavy atom. The van der Waals surface area contributed by atoms with Crippen LogP contribution in [0.5, 0.6) is 0 Å². The molecule has 1 heterocycles. The number of benzene rings is 1. The van der Waals surface area contributed by atoms with Gasteiger partial charge in [-0.05, 0) is 62.6 Å². The summed E-state index contributed by atoms with van der Waals surface area (Å²) in [5, 5.41) is 1.63. The molecule has 1 unspecified atom stereocenters. The average molecular weight is 365 g/mol. The number of nitrogens with zero attached hydrogens (tertiary/aromatic N) is 2. The first-order valence-electron chi connectivity index (χ1n) is 10.0. The van der Waals surface area contributed by atoms with Crippen molar-refractivity contribution in [3.05, 3.63) is 34.9 Å². The van der Waals surface area contributed by atoms with Crippen molar-refractivity contribution in [3.63, 3.8) is 0 Å². The first kappa shape index (κ1) is 17.1. The number of hydrogen-bond acceptors (Lipinski definition) is 5. The van der Waals surface area contributed by atoms with Crippen molar-refractivity contribution in [2.75, 3.05) is 14.2 Å². The maximum absolute atomic E-state index is 6.42. The third-order valence-electron chi connectivity index (χ3n) is 6.81. The molecule has 1 aliphatic heterocycles. The Hall–Kier alpha value is -2.03. The van der Waals surface area contributed by atoms with Crippen LogP contribution in [0.4, 0.5) is 0 Å². The molecule has 2 spiro atoms. The number of hydrogen-bond donors (Lipinski definition) is 1. The summed E-state index contributed by atoms with van der Waals surface area (Å²) >= 11 is 0. The highest BCUT2D eigenvalue weighted by atomic mass is 16.7. The molecule has 2 fully saturated rings. The molecule has 0 radical (unpaired) electrons. The predicted octanol–water partition coefficient (Wildman–Crippen LogP) is 2.92. The normalized spacial score (nSPS) is 34.5. The molecule has 5 rings (SSSR count). The van der Waals surface area contributed by atoms with E-state index in [4.69, 9.17) is 20.3 Å². The van der Waals surface area contributed by atoms with Gasteiger partial charge in [0, 0.05) is 36.6 Å². The lowest BCUT2D eigenvalue weighted by atomic mass is 9.66. The van der Waals surface area contributed by atoms with E-state index in [-0.39, 0.29) is 5.41 Å². The Morgan fingerprint density at radius 1 is 1.26 bits per heavy atom. The van der Waals surface area contributed by atoms with Gasteiger partial charge in [0.2, 0.25) is 11.7 Å². The topological polar surface area (TPSA) is 60.1 Å². The monoisotopic (exact) mass is 365 g/mol. The smallest absolute Gasteiger partial charge is 0.220 e. The van der Waals surface area contributed by atoms with Crippen LogP contribution in [0.25, 0.3) is 0 Å². The highest BCUT2D eigenvalue weighted by Gasteiger charge is 2.63. The lowest BCUT2D eigenvalue weighted by Gasteiger charge is -2.45. The van der Waals surface area contributed by atoms with Crippen molar-refractivity contribution in [1.29, 1.82) is 0 Å². The van der Waals surface area contributed by atoms with Gasteiger partial charge >= 0.3 is 0 Å². The second-order valence-electron chi connectivity index (χ2n) is 8.51. The zero-order chi connectivity index (χ0) is 18.6. The minimum Gasteiger partial charge on any atom is -0.381 e. The molecule has 27 heavy (non-hydrogen) atoms. The molecule has 1 atom stereocenters. The average Bonchev–Trinajstić information content (AvgIpc) is 3.41. The number of rotatable bonds is 1. The second-order valence-corrected chi connectivity index (χ2v) is 8.51. The number of aliphatic imine (C=N–C) groups is 1. The summed E-state index contributed by atoms with van der Waals surface area (Å²) in [5.41, 5.74) is 8.90. The molecule has 5 nitrogen and oxygen atoms in total. The number of guanidine groups is 1. The van der Waals surface area contributed by atoms with Crippen LogP contribution in [0.3, 0.4) is 0 Å². The van der Waals surface area contributed by atoms with Crippen molar-refractivity contribution in [2.24, 2.45) is 22.1 Å². The molecular weight excluding hydrogens is 338 g/mol. The Bertz CT molecular complexity index is 856. The van der Waals surface area contributed by atoms with Crippen LogP contribution in [-0.4, -0.2) is 31.3 Å². The van der Waals surface area contributed by atoms with Crippen LogP contribution in [-0.2, 0) is 21.7 Å². The molecule has 142 valence electrons. The Labute approximate surface area is 160 Å². The third kappa shape index (κ3) is 2.58. The van der Waals surface area contributed by atoms with E-state index in [0.29, 0.717) is 18.0 Å². The first-order chi connectivity index (χ1) is 13.1. The highest BCUT2D eigenvalue weighted by molar-refractivity contribution is 5.79. The zero-order valence-electron chi connectivity index (χ0n) is 16.1. The van der Waals surface area contributed by atoms with Crippen molar-refractivity contribution in [2.45, 2.75) is 56.8 Å². The van der Waals surface area contributed by atoms with E-state index in [1.807, 2.05) is 14.2 Å². The first-order valence-corrected chi connectivity index (χ1v) is 10.0. The van der Waals surface area contributed by atoms with E-state index in [1.165, 1.54) is 18.4 Å². The summed E-state index contributed by atoms with van der Waals surface area (Å²) in [6.45, 7) is 0. The number of ether oxygens (including phenoxy) is 1. The van der Waals surface area contributed by atoms with Crippen LogP contribution >= 0.6 is 0 Å². The van der Waals surface area contributed by atoms with E-state index in [9.17, 15) is 0 Å². The molecule has 3 aliphatic carbocycles. The van der Waals surface area contributed by atoms with Gasteiger partial charge in [0.1, 0.15) is 0 Å². The van der Waals surface area contributed by atoms with Crippen molar-refractivity contribution in [1.82, 2.24) is 5.06 Å².